The number of terminal acetylenes is 1. The van der Waals surface area contributed by atoms with E-state index in [0.717, 1.165) is 26.1 Å². The Morgan fingerprint density at radius 2 is 2.38 bits per heavy atom. The van der Waals surface area contributed by atoms with Crippen molar-refractivity contribution in [3.8, 4) is 12.3 Å². The molecule has 1 N–H and O–H groups in total. The van der Waals surface area contributed by atoms with Gasteiger partial charge in [-0.25, -0.2) is 0 Å². The Labute approximate surface area is 79.5 Å². The highest BCUT2D eigenvalue weighted by molar-refractivity contribution is 5.80. The van der Waals surface area contributed by atoms with Crippen molar-refractivity contribution in [2.45, 2.75) is 13.3 Å². The van der Waals surface area contributed by atoms with Crippen LogP contribution in [-0.2, 0) is 4.79 Å². The van der Waals surface area contributed by atoms with Crippen LogP contribution in [0.15, 0.2) is 0 Å². The van der Waals surface area contributed by atoms with E-state index in [1.165, 1.54) is 0 Å². The SMILES string of the molecule is C#CCN(CCC)C(=O)C1CNC1. The van der Waals surface area contributed by atoms with Gasteiger partial charge in [0, 0.05) is 19.6 Å². The summed E-state index contributed by atoms with van der Waals surface area (Å²) in [6, 6.07) is 0. The second-order valence-electron chi connectivity index (χ2n) is 3.32. The summed E-state index contributed by atoms with van der Waals surface area (Å²) in [5.74, 6) is 2.89. The molecule has 1 aliphatic rings. The van der Waals surface area contributed by atoms with Crippen LogP contribution in [0.25, 0.3) is 0 Å². The minimum absolute atomic E-state index is 0.167. The Hall–Kier alpha value is -1.01. The molecule has 1 aliphatic heterocycles. The van der Waals surface area contributed by atoms with Crippen LogP contribution < -0.4 is 5.32 Å². The lowest BCUT2D eigenvalue weighted by molar-refractivity contribution is -0.136. The molecule has 0 spiro atoms. The molecule has 1 fully saturated rings. The average molecular weight is 180 g/mol. The third kappa shape index (κ3) is 2.46. The summed E-state index contributed by atoms with van der Waals surface area (Å²) >= 11 is 0. The van der Waals surface area contributed by atoms with Gasteiger partial charge in [-0.1, -0.05) is 12.8 Å². The van der Waals surface area contributed by atoms with E-state index in [0.29, 0.717) is 6.54 Å². The van der Waals surface area contributed by atoms with E-state index in [9.17, 15) is 4.79 Å². The summed E-state index contributed by atoms with van der Waals surface area (Å²) in [5.41, 5.74) is 0. The standard InChI is InChI=1S/C10H16N2O/c1-3-5-12(6-4-2)10(13)9-7-11-8-9/h1,9,11H,4-8H2,2H3. The molecule has 72 valence electrons. The topological polar surface area (TPSA) is 32.3 Å². The van der Waals surface area contributed by atoms with Crippen molar-refractivity contribution in [2.24, 2.45) is 5.92 Å². The molecule has 13 heavy (non-hydrogen) atoms. The second-order valence-corrected chi connectivity index (χ2v) is 3.32. The molecule has 3 nitrogen and oxygen atoms in total. The van der Waals surface area contributed by atoms with Crippen molar-refractivity contribution in [1.29, 1.82) is 0 Å². The van der Waals surface area contributed by atoms with Gasteiger partial charge >= 0.3 is 0 Å². The van der Waals surface area contributed by atoms with E-state index in [4.69, 9.17) is 6.42 Å². The number of rotatable bonds is 4. The van der Waals surface area contributed by atoms with Gasteiger partial charge in [0.25, 0.3) is 0 Å². The van der Waals surface area contributed by atoms with E-state index in [1.807, 2.05) is 0 Å². The van der Waals surface area contributed by atoms with Gasteiger partial charge in [0.2, 0.25) is 5.91 Å². The summed E-state index contributed by atoms with van der Waals surface area (Å²) < 4.78 is 0. The van der Waals surface area contributed by atoms with Crippen LogP contribution in [0, 0.1) is 18.3 Å². The summed E-state index contributed by atoms with van der Waals surface area (Å²) in [5, 5.41) is 3.08. The molecule has 0 aromatic rings. The molecule has 1 amide bonds. The van der Waals surface area contributed by atoms with Crippen LogP contribution in [0.5, 0.6) is 0 Å². The predicted octanol–water partition coefficient (Wildman–Crippen LogP) is 0.0776. The Morgan fingerprint density at radius 3 is 2.77 bits per heavy atom. The number of carbonyl (C=O) groups excluding carboxylic acids is 1. The Bertz CT molecular complexity index is 215. The molecule has 0 unspecified atom stereocenters. The van der Waals surface area contributed by atoms with E-state index >= 15 is 0 Å². The van der Waals surface area contributed by atoms with Crippen LogP contribution in [-0.4, -0.2) is 37.0 Å². The maximum atomic E-state index is 11.7. The van der Waals surface area contributed by atoms with Crippen LogP contribution in [0.2, 0.25) is 0 Å². The van der Waals surface area contributed by atoms with Gasteiger partial charge in [-0.3, -0.25) is 4.79 Å². The van der Waals surface area contributed by atoms with E-state index in [1.54, 1.807) is 4.90 Å². The normalized spacial score (nSPS) is 16.0. The highest BCUT2D eigenvalue weighted by Crippen LogP contribution is 2.08. The van der Waals surface area contributed by atoms with E-state index < -0.39 is 0 Å². The van der Waals surface area contributed by atoms with E-state index in [-0.39, 0.29) is 11.8 Å². The Balaban J connectivity index is 2.42. The fourth-order valence-electron chi connectivity index (χ4n) is 1.37. The average Bonchev–Trinajstić information content (AvgIpc) is 2.01. The van der Waals surface area contributed by atoms with Gasteiger partial charge in [-0.2, -0.15) is 0 Å². The van der Waals surface area contributed by atoms with Gasteiger partial charge in [0.1, 0.15) is 0 Å². The number of carbonyl (C=O) groups is 1. The highest BCUT2D eigenvalue weighted by atomic mass is 16.2. The molecule has 0 aromatic heterocycles. The molecule has 0 aromatic carbocycles. The molecule has 1 saturated heterocycles. The Kier molecular flexibility index (Phi) is 3.78. The summed E-state index contributed by atoms with van der Waals surface area (Å²) in [4.78, 5) is 13.5. The molecule has 0 bridgehead atoms. The first kappa shape index (κ1) is 10.1. The summed E-state index contributed by atoms with van der Waals surface area (Å²) in [6.07, 6.45) is 6.16. The number of nitrogens with one attached hydrogen (secondary N) is 1. The quantitative estimate of drug-likeness (QED) is 0.621. The molecule has 1 rings (SSSR count). The van der Waals surface area contributed by atoms with Gasteiger partial charge in [-0.05, 0) is 6.42 Å². The zero-order valence-electron chi connectivity index (χ0n) is 8.05. The van der Waals surface area contributed by atoms with Gasteiger partial charge in [0.15, 0.2) is 0 Å². The van der Waals surface area contributed by atoms with Crippen molar-refractivity contribution >= 4 is 5.91 Å². The second kappa shape index (κ2) is 4.88. The van der Waals surface area contributed by atoms with Crippen LogP contribution in [0.3, 0.4) is 0 Å². The van der Waals surface area contributed by atoms with Crippen LogP contribution in [0.1, 0.15) is 13.3 Å². The molecule has 0 radical (unpaired) electrons. The van der Waals surface area contributed by atoms with Crippen molar-refractivity contribution in [3.63, 3.8) is 0 Å². The van der Waals surface area contributed by atoms with Gasteiger partial charge in [0.05, 0.1) is 12.5 Å². The summed E-state index contributed by atoms with van der Waals surface area (Å²) in [7, 11) is 0. The van der Waals surface area contributed by atoms with Crippen LogP contribution in [0.4, 0.5) is 0 Å². The number of amides is 1. The largest absolute Gasteiger partial charge is 0.331 e. The molecule has 0 saturated carbocycles. The van der Waals surface area contributed by atoms with Crippen molar-refractivity contribution in [3.05, 3.63) is 0 Å². The molecule has 0 atom stereocenters. The highest BCUT2D eigenvalue weighted by Gasteiger charge is 2.28. The molecule has 1 heterocycles. The van der Waals surface area contributed by atoms with Crippen molar-refractivity contribution in [2.75, 3.05) is 26.2 Å². The number of nitrogens with zero attached hydrogens (tertiary/aromatic N) is 1. The minimum Gasteiger partial charge on any atom is -0.331 e. The lowest BCUT2D eigenvalue weighted by Gasteiger charge is -2.31. The summed E-state index contributed by atoms with van der Waals surface area (Å²) in [6.45, 7) is 4.89. The predicted molar refractivity (Wildman–Crippen MR) is 52.1 cm³/mol. The first-order chi connectivity index (χ1) is 6.29. The first-order valence-electron chi connectivity index (χ1n) is 4.72. The number of hydrogen-bond acceptors (Lipinski definition) is 2. The zero-order chi connectivity index (χ0) is 9.68. The van der Waals surface area contributed by atoms with E-state index in [2.05, 4.69) is 18.2 Å². The van der Waals surface area contributed by atoms with Gasteiger partial charge in [-0.15, -0.1) is 6.42 Å². The number of hydrogen-bond donors (Lipinski definition) is 1. The smallest absolute Gasteiger partial charge is 0.229 e. The lowest BCUT2D eigenvalue weighted by Crippen LogP contribution is -2.52. The Morgan fingerprint density at radius 1 is 1.69 bits per heavy atom. The zero-order valence-corrected chi connectivity index (χ0v) is 8.05. The van der Waals surface area contributed by atoms with Gasteiger partial charge < -0.3 is 10.2 Å². The first-order valence-corrected chi connectivity index (χ1v) is 4.72. The third-order valence-electron chi connectivity index (χ3n) is 2.22. The molecular weight excluding hydrogens is 164 g/mol. The van der Waals surface area contributed by atoms with Crippen molar-refractivity contribution in [1.82, 2.24) is 10.2 Å². The molecular formula is C10H16N2O. The third-order valence-corrected chi connectivity index (χ3v) is 2.22. The van der Waals surface area contributed by atoms with Crippen molar-refractivity contribution < 1.29 is 4.79 Å². The minimum atomic E-state index is 0.167. The maximum Gasteiger partial charge on any atom is 0.229 e. The van der Waals surface area contributed by atoms with Crippen LogP contribution >= 0.6 is 0 Å². The fourth-order valence-corrected chi connectivity index (χ4v) is 1.37. The lowest BCUT2D eigenvalue weighted by atomic mass is 10.0. The monoisotopic (exact) mass is 180 g/mol. The molecule has 3 heteroatoms. The fraction of sp³-hybridized carbons (Fsp3) is 0.700. The maximum absolute atomic E-state index is 11.7. The molecule has 0 aliphatic carbocycles.